The maximum atomic E-state index is 3.49. The molecule has 1 saturated heterocycles. The van der Waals surface area contributed by atoms with Crippen molar-refractivity contribution in [3.63, 3.8) is 0 Å². The van der Waals surface area contributed by atoms with E-state index in [0.29, 0.717) is 0 Å². The van der Waals surface area contributed by atoms with E-state index in [1.54, 1.807) is 0 Å². The summed E-state index contributed by atoms with van der Waals surface area (Å²) >= 11 is 0. The first-order valence-corrected chi connectivity index (χ1v) is 5.44. The minimum absolute atomic E-state index is 0.789. The van der Waals surface area contributed by atoms with E-state index in [1.807, 2.05) is 0 Å². The highest BCUT2D eigenvalue weighted by Gasteiger charge is 2.49. The van der Waals surface area contributed by atoms with Gasteiger partial charge in [0.25, 0.3) is 0 Å². The van der Waals surface area contributed by atoms with Crippen LogP contribution in [0.4, 0.5) is 0 Å². The lowest BCUT2D eigenvalue weighted by molar-refractivity contribution is 0.273. The van der Waals surface area contributed by atoms with Crippen LogP contribution in [0.25, 0.3) is 0 Å². The maximum absolute atomic E-state index is 3.49. The SMILES string of the molecule is CC(C)CC1(C2CCNC2)CC1. The third-order valence-electron chi connectivity index (χ3n) is 3.63. The summed E-state index contributed by atoms with van der Waals surface area (Å²) in [5.74, 6) is 1.91. The normalized spacial score (nSPS) is 32.8. The molecule has 1 aliphatic carbocycles. The van der Waals surface area contributed by atoms with Crippen LogP contribution in [0.15, 0.2) is 0 Å². The highest BCUT2D eigenvalue weighted by molar-refractivity contribution is 5.01. The van der Waals surface area contributed by atoms with Gasteiger partial charge < -0.3 is 5.32 Å². The molecule has 70 valence electrons. The molecule has 1 N–H and O–H groups in total. The zero-order valence-corrected chi connectivity index (χ0v) is 8.40. The molecule has 2 rings (SSSR count). The molecule has 2 fully saturated rings. The largest absolute Gasteiger partial charge is 0.316 e. The van der Waals surface area contributed by atoms with Crippen LogP contribution in [-0.4, -0.2) is 13.1 Å². The molecule has 1 saturated carbocycles. The third-order valence-corrected chi connectivity index (χ3v) is 3.63. The van der Waals surface area contributed by atoms with Crippen LogP contribution in [0, 0.1) is 17.3 Å². The van der Waals surface area contributed by atoms with Gasteiger partial charge in [0, 0.05) is 0 Å². The Morgan fingerprint density at radius 2 is 2.17 bits per heavy atom. The number of nitrogens with one attached hydrogen (secondary N) is 1. The molecule has 0 radical (unpaired) electrons. The quantitative estimate of drug-likeness (QED) is 0.680. The highest BCUT2D eigenvalue weighted by Crippen LogP contribution is 2.57. The van der Waals surface area contributed by atoms with E-state index >= 15 is 0 Å². The van der Waals surface area contributed by atoms with Gasteiger partial charge in [0.05, 0.1) is 0 Å². The molecule has 0 amide bonds. The summed E-state index contributed by atoms with van der Waals surface area (Å²) in [6.45, 7) is 7.29. The van der Waals surface area contributed by atoms with Crippen molar-refractivity contribution in [3.05, 3.63) is 0 Å². The summed E-state index contributed by atoms with van der Waals surface area (Å²) in [7, 11) is 0. The summed E-state index contributed by atoms with van der Waals surface area (Å²) in [5.41, 5.74) is 0.789. The number of hydrogen-bond acceptors (Lipinski definition) is 1. The predicted octanol–water partition coefficient (Wildman–Crippen LogP) is 2.42. The van der Waals surface area contributed by atoms with Gasteiger partial charge in [-0.15, -0.1) is 0 Å². The van der Waals surface area contributed by atoms with E-state index in [-0.39, 0.29) is 0 Å². The van der Waals surface area contributed by atoms with Crippen molar-refractivity contribution in [2.45, 2.75) is 39.5 Å². The van der Waals surface area contributed by atoms with Gasteiger partial charge in [-0.25, -0.2) is 0 Å². The Labute approximate surface area is 75.9 Å². The molecule has 2 aliphatic rings. The second-order valence-electron chi connectivity index (χ2n) is 5.15. The topological polar surface area (TPSA) is 12.0 Å². The van der Waals surface area contributed by atoms with Gasteiger partial charge in [0.15, 0.2) is 0 Å². The third kappa shape index (κ3) is 1.52. The van der Waals surface area contributed by atoms with Crippen LogP contribution in [0.5, 0.6) is 0 Å². The molecule has 1 aliphatic heterocycles. The Morgan fingerprint density at radius 1 is 1.42 bits per heavy atom. The van der Waals surface area contributed by atoms with Crippen LogP contribution < -0.4 is 5.32 Å². The fourth-order valence-corrected chi connectivity index (χ4v) is 2.93. The van der Waals surface area contributed by atoms with E-state index < -0.39 is 0 Å². The Morgan fingerprint density at radius 3 is 2.58 bits per heavy atom. The van der Waals surface area contributed by atoms with Crippen LogP contribution in [0.2, 0.25) is 0 Å². The van der Waals surface area contributed by atoms with E-state index in [9.17, 15) is 0 Å². The molecule has 1 heteroatoms. The standard InChI is InChI=1S/C11H21N/c1-9(2)7-11(4-5-11)10-3-6-12-8-10/h9-10,12H,3-8H2,1-2H3. The van der Waals surface area contributed by atoms with E-state index in [2.05, 4.69) is 19.2 Å². The Hall–Kier alpha value is -0.0400. The van der Waals surface area contributed by atoms with E-state index in [1.165, 1.54) is 38.8 Å². The zero-order chi connectivity index (χ0) is 8.60. The van der Waals surface area contributed by atoms with Crippen molar-refractivity contribution >= 4 is 0 Å². The Balaban J connectivity index is 1.91. The monoisotopic (exact) mass is 167 g/mol. The van der Waals surface area contributed by atoms with Gasteiger partial charge in [-0.2, -0.15) is 0 Å². The molecular formula is C11H21N. The van der Waals surface area contributed by atoms with Crippen molar-refractivity contribution in [1.82, 2.24) is 5.32 Å². The second-order valence-corrected chi connectivity index (χ2v) is 5.15. The molecule has 12 heavy (non-hydrogen) atoms. The smallest absolute Gasteiger partial charge is 0.00147 e. The predicted molar refractivity (Wildman–Crippen MR) is 52.1 cm³/mol. The lowest BCUT2D eigenvalue weighted by atomic mass is 9.82. The molecule has 0 aromatic rings. The van der Waals surface area contributed by atoms with Gasteiger partial charge in [-0.3, -0.25) is 0 Å². The van der Waals surface area contributed by atoms with Crippen molar-refractivity contribution < 1.29 is 0 Å². The first-order chi connectivity index (χ1) is 5.73. The van der Waals surface area contributed by atoms with Crippen LogP contribution >= 0.6 is 0 Å². The zero-order valence-electron chi connectivity index (χ0n) is 8.40. The molecule has 0 aromatic heterocycles. The molecule has 0 spiro atoms. The molecular weight excluding hydrogens is 146 g/mol. The van der Waals surface area contributed by atoms with Gasteiger partial charge in [-0.05, 0) is 56.0 Å². The Bertz CT molecular complexity index is 152. The lowest BCUT2D eigenvalue weighted by Gasteiger charge is -2.23. The van der Waals surface area contributed by atoms with Crippen LogP contribution in [-0.2, 0) is 0 Å². The summed E-state index contributed by atoms with van der Waals surface area (Å²) in [6.07, 6.45) is 5.93. The van der Waals surface area contributed by atoms with Gasteiger partial charge >= 0.3 is 0 Å². The van der Waals surface area contributed by atoms with Crippen molar-refractivity contribution in [1.29, 1.82) is 0 Å². The summed E-state index contributed by atoms with van der Waals surface area (Å²) < 4.78 is 0. The molecule has 0 bridgehead atoms. The number of rotatable bonds is 3. The first kappa shape index (κ1) is 8.55. The van der Waals surface area contributed by atoms with E-state index in [0.717, 1.165) is 17.3 Å². The molecule has 1 heterocycles. The maximum Gasteiger partial charge on any atom is -0.00147 e. The average Bonchev–Trinajstić information content (AvgIpc) is 2.61. The van der Waals surface area contributed by atoms with Crippen molar-refractivity contribution in [2.75, 3.05) is 13.1 Å². The molecule has 1 nitrogen and oxygen atoms in total. The summed E-state index contributed by atoms with van der Waals surface area (Å²) in [5, 5.41) is 3.49. The average molecular weight is 167 g/mol. The van der Waals surface area contributed by atoms with Crippen molar-refractivity contribution in [3.8, 4) is 0 Å². The molecule has 0 aromatic carbocycles. The highest BCUT2D eigenvalue weighted by atomic mass is 14.9. The van der Waals surface area contributed by atoms with Crippen LogP contribution in [0.1, 0.15) is 39.5 Å². The fraction of sp³-hybridized carbons (Fsp3) is 1.00. The van der Waals surface area contributed by atoms with Gasteiger partial charge in [0.2, 0.25) is 0 Å². The lowest BCUT2D eigenvalue weighted by Crippen LogP contribution is -2.20. The van der Waals surface area contributed by atoms with E-state index in [4.69, 9.17) is 0 Å². The van der Waals surface area contributed by atoms with Crippen molar-refractivity contribution in [2.24, 2.45) is 17.3 Å². The molecule has 1 unspecified atom stereocenters. The summed E-state index contributed by atoms with van der Waals surface area (Å²) in [6, 6.07) is 0. The number of hydrogen-bond donors (Lipinski definition) is 1. The van der Waals surface area contributed by atoms with Crippen LogP contribution in [0.3, 0.4) is 0 Å². The molecule has 1 atom stereocenters. The minimum atomic E-state index is 0.789. The second kappa shape index (κ2) is 3.02. The summed E-state index contributed by atoms with van der Waals surface area (Å²) in [4.78, 5) is 0. The Kier molecular flexibility index (Phi) is 2.16. The minimum Gasteiger partial charge on any atom is -0.316 e. The van der Waals surface area contributed by atoms with Gasteiger partial charge in [0.1, 0.15) is 0 Å². The fourth-order valence-electron chi connectivity index (χ4n) is 2.93. The van der Waals surface area contributed by atoms with Gasteiger partial charge in [-0.1, -0.05) is 13.8 Å². The first-order valence-electron chi connectivity index (χ1n) is 5.44.